The van der Waals surface area contributed by atoms with Crippen molar-refractivity contribution in [2.24, 2.45) is 0 Å². The first-order valence-corrected chi connectivity index (χ1v) is 4.79. The van der Waals surface area contributed by atoms with Gasteiger partial charge in [0.1, 0.15) is 5.82 Å². The third kappa shape index (κ3) is 2.05. The van der Waals surface area contributed by atoms with Crippen LogP contribution < -0.4 is 5.56 Å². The highest BCUT2D eigenvalue weighted by atomic mass is 16.1. The van der Waals surface area contributed by atoms with E-state index in [0.29, 0.717) is 17.8 Å². The summed E-state index contributed by atoms with van der Waals surface area (Å²) in [6, 6.07) is 7.35. The summed E-state index contributed by atoms with van der Waals surface area (Å²) in [5.41, 5.74) is 0.676. The molecular weight excluding hydrogens is 190 g/mol. The Labute approximate surface area is 87.6 Å². The SMILES string of the molecule is CN(C)Cc1nc2ccccc2c(=O)[nH]1. The van der Waals surface area contributed by atoms with Gasteiger partial charge in [0.15, 0.2) is 0 Å². The lowest BCUT2D eigenvalue weighted by Gasteiger charge is -2.08. The molecule has 0 unspecified atom stereocenters. The van der Waals surface area contributed by atoms with Crippen LogP contribution in [0.5, 0.6) is 0 Å². The van der Waals surface area contributed by atoms with Gasteiger partial charge in [0.2, 0.25) is 0 Å². The number of hydrogen-bond donors (Lipinski definition) is 1. The zero-order valence-electron chi connectivity index (χ0n) is 8.82. The van der Waals surface area contributed by atoms with Crippen molar-refractivity contribution < 1.29 is 0 Å². The molecule has 0 aliphatic rings. The minimum Gasteiger partial charge on any atom is -0.309 e. The Morgan fingerprint density at radius 3 is 2.80 bits per heavy atom. The van der Waals surface area contributed by atoms with Gasteiger partial charge in [-0.1, -0.05) is 12.1 Å². The topological polar surface area (TPSA) is 49.0 Å². The number of para-hydroxylation sites is 1. The molecule has 1 heterocycles. The molecule has 0 saturated carbocycles. The van der Waals surface area contributed by atoms with E-state index in [2.05, 4.69) is 9.97 Å². The van der Waals surface area contributed by atoms with Crippen molar-refractivity contribution in [1.29, 1.82) is 0 Å². The predicted molar refractivity (Wildman–Crippen MR) is 59.8 cm³/mol. The zero-order chi connectivity index (χ0) is 10.8. The third-order valence-corrected chi connectivity index (χ3v) is 2.13. The maximum absolute atomic E-state index is 11.7. The van der Waals surface area contributed by atoms with Crippen LogP contribution in [0.15, 0.2) is 29.1 Å². The largest absolute Gasteiger partial charge is 0.309 e. The number of benzene rings is 1. The zero-order valence-corrected chi connectivity index (χ0v) is 8.82. The molecule has 0 aliphatic carbocycles. The molecule has 0 fully saturated rings. The number of rotatable bonds is 2. The molecule has 1 N–H and O–H groups in total. The molecule has 78 valence electrons. The molecule has 4 heteroatoms. The van der Waals surface area contributed by atoms with Crippen molar-refractivity contribution in [2.75, 3.05) is 14.1 Å². The minimum atomic E-state index is -0.0718. The number of aromatic nitrogens is 2. The molecule has 4 nitrogen and oxygen atoms in total. The van der Waals surface area contributed by atoms with Crippen molar-refractivity contribution in [1.82, 2.24) is 14.9 Å². The molecule has 2 aromatic rings. The molecule has 0 amide bonds. The molecule has 0 saturated heterocycles. The second kappa shape index (κ2) is 3.82. The standard InChI is InChI=1S/C11H13N3O/c1-14(2)7-10-12-9-6-4-3-5-8(9)11(15)13-10/h3-6H,7H2,1-2H3,(H,12,13,15). The summed E-state index contributed by atoms with van der Waals surface area (Å²) in [5.74, 6) is 0.698. The van der Waals surface area contributed by atoms with E-state index < -0.39 is 0 Å². The molecule has 15 heavy (non-hydrogen) atoms. The van der Waals surface area contributed by atoms with E-state index in [1.165, 1.54) is 0 Å². The summed E-state index contributed by atoms with van der Waals surface area (Å²) in [7, 11) is 3.88. The van der Waals surface area contributed by atoms with Gasteiger partial charge in [0.05, 0.1) is 17.4 Å². The average molecular weight is 203 g/mol. The number of aromatic amines is 1. The molecule has 0 aliphatic heterocycles. The van der Waals surface area contributed by atoms with Crippen molar-refractivity contribution >= 4 is 10.9 Å². The molecule has 0 radical (unpaired) electrons. The first-order valence-electron chi connectivity index (χ1n) is 4.79. The first kappa shape index (κ1) is 9.86. The number of hydrogen-bond acceptors (Lipinski definition) is 3. The predicted octanol–water partition coefficient (Wildman–Crippen LogP) is 0.985. The van der Waals surface area contributed by atoms with Crippen molar-refractivity contribution in [3.05, 3.63) is 40.4 Å². The molecular formula is C11H13N3O. The maximum Gasteiger partial charge on any atom is 0.258 e. The highest BCUT2D eigenvalue weighted by molar-refractivity contribution is 5.77. The lowest BCUT2D eigenvalue weighted by molar-refractivity contribution is 0.390. The molecule has 2 rings (SSSR count). The Kier molecular flexibility index (Phi) is 2.51. The first-order chi connectivity index (χ1) is 7.16. The fourth-order valence-electron chi connectivity index (χ4n) is 1.51. The highest BCUT2D eigenvalue weighted by Gasteiger charge is 2.03. The lowest BCUT2D eigenvalue weighted by Crippen LogP contribution is -2.18. The van der Waals surface area contributed by atoms with E-state index in [1.807, 2.05) is 37.2 Å². The van der Waals surface area contributed by atoms with Crippen molar-refractivity contribution in [3.8, 4) is 0 Å². The molecule has 1 aromatic carbocycles. The minimum absolute atomic E-state index is 0.0718. The normalized spacial score (nSPS) is 11.1. The van der Waals surface area contributed by atoms with E-state index >= 15 is 0 Å². The summed E-state index contributed by atoms with van der Waals surface area (Å²) < 4.78 is 0. The van der Waals surface area contributed by atoms with Crippen LogP contribution in [0.3, 0.4) is 0 Å². The summed E-state index contributed by atoms with van der Waals surface area (Å²) in [5, 5.41) is 0.639. The van der Waals surface area contributed by atoms with Gasteiger partial charge in [-0.2, -0.15) is 0 Å². The van der Waals surface area contributed by atoms with Gasteiger partial charge >= 0.3 is 0 Å². The van der Waals surface area contributed by atoms with Gasteiger partial charge in [0, 0.05) is 0 Å². The van der Waals surface area contributed by atoms with Gasteiger partial charge in [-0.25, -0.2) is 4.98 Å². The van der Waals surface area contributed by atoms with Crippen LogP contribution >= 0.6 is 0 Å². The van der Waals surface area contributed by atoms with Gasteiger partial charge in [-0.3, -0.25) is 4.79 Å². The summed E-state index contributed by atoms with van der Waals surface area (Å²) >= 11 is 0. The summed E-state index contributed by atoms with van der Waals surface area (Å²) in [6.07, 6.45) is 0. The maximum atomic E-state index is 11.7. The van der Waals surface area contributed by atoms with E-state index in [4.69, 9.17) is 0 Å². The van der Waals surface area contributed by atoms with Crippen molar-refractivity contribution in [2.45, 2.75) is 6.54 Å². The van der Waals surface area contributed by atoms with Gasteiger partial charge in [-0.05, 0) is 26.2 Å². The fourth-order valence-corrected chi connectivity index (χ4v) is 1.51. The van der Waals surface area contributed by atoms with Crippen LogP contribution in [0.4, 0.5) is 0 Å². The van der Waals surface area contributed by atoms with Crippen LogP contribution in [-0.2, 0) is 6.54 Å². The smallest absolute Gasteiger partial charge is 0.258 e. The summed E-state index contributed by atoms with van der Waals surface area (Å²) in [6.45, 7) is 0.639. The highest BCUT2D eigenvalue weighted by Crippen LogP contribution is 2.05. The molecule has 0 spiro atoms. The second-order valence-electron chi connectivity index (χ2n) is 3.77. The van der Waals surface area contributed by atoms with E-state index in [9.17, 15) is 4.79 Å². The Balaban J connectivity index is 2.57. The monoisotopic (exact) mass is 203 g/mol. The Morgan fingerprint density at radius 1 is 1.33 bits per heavy atom. The number of nitrogens with zero attached hydrogens (tertiary/aromatic N) is 2. The van der Waals surface area contributed by atoms with E-state index in [-0.39, 0.29) is 5.56 Å². The fraction of sp³-hybridized carbons (Fsp3) is 0.273. The summed E-state index contributed by atoms with van der Waals surface area (Å²) in [4.78, 5) is 20.8. The third-order valence-electron chi connectivity index (χ3n) is 2.13. The average Bonchev–Trinajstić information content (AvgIpc) is 2.16. The van der Waals surface area contributed by atoms with E-state index in [1.54, 1.807) is 6.07 Å². The Hall–Kier alpha value is -1.68. The van der Waals surface area contributed by atoms with Crippen LogP contribution in [0, 0.1) is 0 Å². The van der Waals surface area contributed by atoms with Crippen LogP contribution in [0.2, 0.25) is 0 Å². The Bertz CT molecular complexity index is 531. The van der Waals surface area contributed by atoms with E-state index in [0.717, 1.165) is 5.52 Å². The molecule has 0 bridgehead atoms. The lowest BCUT2D eigenvalue weighted by atomic mass is 10.2. The number of nitrogens with one attached hydrogen (secondary N) is 1. The van der Waals surface area contributed by atoms with Crippen LogP contribution in [0.1, 0.15) is 5.82 Å². The van der Waals surface area contributed by atoms with Gasteiger partial charge in [0.25, 0.3) is 5.56 Å². The van der Waals surface area contributed by atoms with Crippen molar-refractivity contribution in [3.63, 3.8) is 0 Å². The van der Waals surface area contributed by atoms with Gasteiger partial charge in [-0.15, -0.1) is 0 Å². The Morgan fingerprint density at radius 2 is 2.07 bits per heavy atom. The second-order valence-corrected chi connectivity index (χ2v) is 3.77. The number of H-pyrrole nitrogens is 1. The number of fused-ring (bicyclic) bond motifs is 1. The van der Waals surface area contributed by atoms with Crippen LogP contribution in [-0.4, -0.2) is 29.0 Å². The molecule has 0 atom stereocenters. The van der Waals surface area contributed by atoms with Gasteiger partial charge < -0.3 is 9.88 Å². The molecule has 1 aromatic heterocycles. The van der Waals surface area contributed by atoms with Crippen LogP contribution in [0.25, 0.3) is 10.9 Å². The quantitative estimate of drug-likeness (QED) is 0.791.